The van der Waals surface area contributed by atoms with Crippen molar-refractivity contribution in [3.63, 3.8) is 0 Å². The van der Waals surface area contributed by atoms with Gasteiger partial charge in [-0.15, -0.1) is 0 Å². The lowest BCUT2D eigenvalue weighted by molar-refractivity contribution is -0.122. The first-order chi connectivity index (χ1) is 6.63. The molecule has 0 spiro atoms. The van der Waals surface area contributed by atoms with Crippen LogP contribution in [-0.4, -0.2) is 36.7 Å². The average Bonchev–Trinajstić information content (AvgIpc) is 2.19. The summed E-state index contributed by atoms with van der Waals surface area (Å²) in [6.45, 7) is 4.37. The van der Waals surface area contributed by atoms with E-state index in [9.17, 15) is 9.59 Å². The van der Waals surface area contributed by atoms with Gasteiger partial charge in [0.05, 0.1) is 0 Å². The second kappa shape index (κ2) is 5.10. The minimum atomic E-state index is -0.248. The molecule has 80 valence electrons. The van der Waals surface area contributed by atoms with Gasteiger partial charge in [-0.3, -0.25) is 4.79 Å². The fraction of sp³-hybridized carbons (Fsp3) is 0.800. The number of hydrogen-bond donors (Lipinski definition) is 1. The highest BCUT2D eigenvalue weighted by atomic mass is 16.1. The summed E-state index contributed by atoms with van der Waals surface area (Å²) >= 11 is 0. The van der Waals surface area contributed by atoms with Crippen molar-refractivity contribution in [1.29, 1.82) is 0 Å². The molecule has 2 N–H and O–H groups in total. The zero-order valence-corrected chi connectivity index (χ0v) is 8.61. The Bertz CT molecular complexity index is 210. The van der Waals surface area contributed by atoms with Gasteiger partial charge in [-0.2, -0.15) is 0 Å². The quantitative estimate of drug-likeness (QED) is 0.648. The van der Waals surface area contributed by atoms with E-state index in [1.165, 1.54) is 0 Å². The normalized spacial score (nSPS) is 21.8. The summed E-state index contributed by atoms with van der Waals surface area (Å²) in [7, 11) is 0. The molecule has 1 heterocycles. The van der Waals surface area contributed by atoms with E-state index in [2.05, 4.69) is 4.90 Å². The van der Waals surface area contributed by atoms with E-state index < -0.39 is 0 Å². The summed E-state index contributed by atoms with van der Waals surface area (Å²) in [5.41, 5.74) is 5.18. The van der Waals surface area contributed by atoms with Crippen molar-refractivity contribution >= 4 is 12.2 Å². The Morgan fingerprint density at radius 3 is 2.57 bits per heavy atom. The predicted octanol–water partition coefficient (Wildman–Crippen LogP) is 0.0187. The Morgan fingerprint density at radius 1 is 1.57 bits per heavy atom. The SMILES string of the molecule is CC(CN1CCC(C=O)CC1)C(N)=O. The molecule has 0 aromatic heterocycles. The standard InChI is InChI=1S/C10H18N2O2/c1-8(10(11)14)6-12-4-2-9(7-13)3-5-12/h7-9H,2-6H2,1H3,(H2,11,14). The smallest absolute Gasteiger partial charge is 0.221 e. The van der Waals surface area contributed by atoms with Gasteiger partial charge in [0.25, 0.3) is 0 Å². The molecule has 1 aliphatic rings. The van der Waals surface area contributed by atoms with Crippen LogP contribution in [-0.2, 0) is 9.59 Å². The second-order valence-electron chi connectivity index (χ2n) is 4.08. The van der Waals surface area contributed by atoms with Gasteiger partial charge >= 0.3 is 0 Å². The Morgan fingerprint density at radius 2 is 2.14 bits per heavy atom. The van der Waals surface area contributed by atoms with Crippen molar-refractivity contribution in [3.8, 4) is 0 Å². The van der Waals surface area contributed by atoms with Gasteiger partial charge in [-0.1, -0.05) is 6.92 Å². The van der Waals surface area contributed by atoms with Crippen molar-refractivity contribution in [2.45, 2.75) is 19.8 Å². The van der Waals surface area contributed by atoms with Crippen LogP contribution >= 0.6 is 0 Å². The zero-order valence-electron chi connectivity index (χ0n) is 8.61. The number of amides is 1. The first-order valence-electron chi connectivity index (χ1n) is 5.10. The minimum absolute atomic E-state index is 0.0946. The van der Waals surface area contributed by atoms with Gasteiger partial charge in [0.15, 0.2) is 0 Å². The zero-order chi connectivity index (χ0) is 10.6. The lowest BCUT2D eigenvalue weighted by Gasteiger charge is -2.30. The summed E-state index contributed by atoms with van der Waals surface area (Å²) in [4.78, 5) is 23.5. The van der Waals surface area contributed by atoms with E-state index in [1.807, 2.05) is 6.92 Å². The van der Waals surface area contributed by atoms with Crippen LogP contribution in [0.15, 0.2) is 0 Å². The predicted molar refractivity (Wildman–Crippen MR) is 53.6 cm³/mol. The van der Waals surface area contributed by atoms with Gasteiger partial charge in [-0.25, -0.2) is 0 Å². The Labute approximate surface area is 84.4 Å². The third-order valence-corrected chi connectivity index (χ3v) is 2.84. The first kappa shape index (κ1) is 11.2. The number of primary amides is 1. The third-order valence-electron chi connectivity index (χ3n) is 2.84. The van der Waals surface area contributed by atoms with Crippen LogP contribution in [0.1, 0.15) is 19.8 Å². The molecule has 0 bridgehead atoms. The number of aldehydes is 1. The molecule has 1 fully saturated rings. The van der Waals surface area contributed by atoms with Crippen LogP contribution in [0.3, 0.4) is 0 Å². The van der Waals surface area contributed by atoms with Gasteiger partial charge in [0, 0.05) is 18.4 Å². The molecule has 1 amide bonds. The van der Waals surface area contributed by atoms with E-state index in [4.69, 9.17) is 5.73 Å². The maximum absolute atomic E-state index is 10.8. The van der Waals surface area contributed by atoms with Crippen LogP contribution < -0.4 is 5.73 Å². The first-order valence-corrected chi connectivity index (χ1v) is 5.10. The van der Waals surface area contributed by atoms with Crippen LogP contribution in [0, 0.1) is 11.8 Å². The molecule has 1 unspecified atom stereocenters. The molecule has 1 aliphatic heterocycles. The number of likely N-dealkylation sites (tertiary alicyclic amines) is 1. The molecule has 1 rings (SSSR count). The molecule has 1 saturated heterocycles. The molecule has 0 aromatic rings. The van der Waals surface area contributed by atoms with Crippen LogP contribution in [0.25, 0.3) is 0 Å². The summed E-state index contributed by atoms with van der Waals surface area (Å²) in [5, 5.41) is 0. The average molecular weight is 198 g/mol. The molecule has 4 nitrogen and oxygen atoms in total. The van der Waals surface area contributed by atoms with Crippen molar-refractivity contribution in [1.82, 2.24) is 4.90 Å². The Kier molecular flexibility index (Phi) is 4.07. The van der Waals surface area contributed by atoms with Gasteiger partial charge < -0.3 is 15.4 Å². The summed E-state index contributed by atoms with van der Waals surface area (Å²) in [6.07, 6.45) is 2.86. The molecule has 0 radical (unpaired) electrons. The van der Waals surface area contributed by atoms with E-state index in [-0.39, 0.29) is 17.7 Å². The Hall–Kier alpha value is -0.900. The monoisotopic (exact) mass is 198 g/mol. The number of nitrogens with two attached hydrogens (primary N) is 1. The molecule has 4 heteroatoms. The van der Waals surface area contributed by atoms with Gasteiger partial charge in [0.1, 0.15) is 6.29 Å². The molecule has 1 atom stereocenters. The lowest BCUT2D eigenvalue weighted by atomic mass is 9.97. The highest BCUT2D eigenvalue weighted by molar-refractivity contribution is 5.76. The molecule has 0 aliphatic carbocycles. The van der Waals surface area contributed by atoms with Crippen LogP contribution in [0.2, 0.25) is 0 Å². The fourth-order valence-corrected chi connectivity index (χ4v) is 1.75. The second-order valence-corrected chi connectivity index (χ2v) is 4.08. The highest BCUT2D eigenvalue weighted by Gasteiger charge is 2.21. The highest BCUT2D eigenvalue weighted by Crippen LogP contribution is 2.15. The summed E-state index contributed by atoms with van der Waals surface area (Å²) in [5.74, 6) is -0.125. The number of piperidine rings is 1. The van der Waals surface area contributed by atoms with Crippen molar-refractivity contribution < 1.29 is 9.59 Å². The van der Waals surface area contributed by atoms with Crippen LogP contribution in [0.5, 0.6) is 0 Å². The summed E-state index contributed by atoms with van der Waals surface area (Å²) in [6, 6.07) is 0. The maximum Gasteiger partial charge on any atom is 0.221 e. The fourth-order valence-electron chi connectivity index (χ4n) is 1.75. The summed E-state index contributed by atoms with van der Waals surface area (Å²) < 4.78 is 0. The molecule has 0 aromatic carbocycles. The minimum Gasteiger partial charge on any atom is -0.369 e. The molecular formula is C10H18N2O2. The van der Waals surface area contributed by atoms with Gasteiger partial charge in [-0.05, 0) is 25.9 Å². The third kappa shape index (κ3) is 3.10. The van der Waals surface area contributed by atoms with Crippen molar-refractivity contribution in [3.05, 3.63) is 0 Å². The Balaban J connectivity index is 2.28. The molecule has 14 heavy (non-hydrogen) atoms. The molecular weight excluding hydrogens is 180 g/mol. The van der Waals surface area contributed by atoms with E-state index >= 15 is 0 Å². The number of nitrogens with zero attached hydrogens (tertiary/aromatic N) is 1. The lowest BCUT2D eigenvalue weighted by Crippen LogP contribution is -2.40. The van der Waals surface area contributed by atoms with Crippen molar-refractivity contribution in [2.24, 2.45) is 17.6 Å². The van der Waals surface area contributed by atoms with E-state index in [1.54, 1.807) is 0 Å². The maximum atomic E-state index is 10.8. The number of carbonyl (C=O) groups is 2. The number of hydrogen-bond acceptors (Lipinski definition) is 3. The molecule has 0 saturated carbocycles. The van der Waals surface area contributed by atoms with Gasteiger partial charge in [0.2, 0.25) is 5.91 Å². The van der Waals surface area contributed by atoms with E-state index in [0.29, 0.717) is 0 Å². The number of rotatable bonds is 4. The largest absolute Gasteiger partial charge is 0.369 e. The topological polar surface area (TPSA) is 63.4 Å². The van der Waals surface area contributed by atoms with E-state index in [0.717, 1.165) is 38.8 Å². The van der Waals surface area contributed by atoms with Crippen LogP contribution in [0.4, 0.5) is 0 Å². The van der Waals surface area contributed by atoms with Crippen molar-refractivity contribution in [2.75, 3.05) is 19.6 Å². The number of carbonyl (C=O) groups excluding carboxylic acids is 2.